The summed E-state index contributed by atoms with van der Waals surface area (Å²) in [5.74, 6) is 0. The third-order valence-electron chi connectivity index (χ3n) is 4.41. The molecule has 0 saturated carbocycles. The Morgan fingerprint density at radius 1 is 1.25 bits per heavy atom. The van der Waals surface area contributed by atoms with Gasteiger partial charge in [-0.05, 0) is 44.2 Å². The highest BCUT2D eigenvalue weighted by atomic mass is 16.3. The molecular formula is C17H28N2O. The summed E-state index contributed by atoms with van der Waals surface area (Å²) in [4.78, 5) is 7.19. The van der Waals surface area contributed by atoms with Crippen LogP contribution in [0.15, 0.2) is 18.2 Å². The average molecular weight is 276 g/mol. The molecular weight excluding hydrogens is 248 g/mol. The second-order valence-corrected chi connectivity index (χ2v) is 7.27. The van der Waals surface area contributed by atoms with E-state index in [0.29, 0.717) is 12.1 Å². The van der Waals surface area contributed by atoms with Crippen molar-refractivity contribution in [2.45, 2.75) is 72.2 Å². The highest BCUT2D eigenvalue weighted by Crippen LogP contribution is 2.32. The van der Waals surface area contributed by atoms with Crippen molar-refractivity contribution in [2.24, 2.45) is 5.41 Å². The number of aliphatic hydroxyl groups is 1. The molecule has 1 aromatic heterocycles. The number of hydrogen-bond donors (Lipinski definition) is 1. The summed E-state index contributed by atoms with van der Waals surface area (Å²) in [6, 6.07) is 7.26. The maximum atomic E-state index is 10.4. The number of aromatic nitrogens is 1. The van der Waals surface area contributed by atoms with Crippen LogP contribution in [-0.4, -0.2) is 27.1 Å². The Balaban J connectivity index is 2.14. The molecule has 0 aliphatic carbocycles. The molecule has 1 saturated heterocycles. The largest absolute Gasteiger partial charge is 0.386 e. The molecule has 2 rings (SSSR count). The van der Waals surface area contributed by atoms with Crippen LogP contribution in [0.1, 0.15) is 65.0 Å². The Kier molecular flexibility index (Phi) is 4.50. The zero-order chi connectivity index (χ0) is 14.9. The minimum absolute atomic E-state index is 0.181. The molecule has 2 heterocycles. The van der Waals surface area contributed by atoms with Crippen LogP contribution < -0.4 is 0 Å². The topological polar surface area (TPSA) is 36.4 Å². The van der Waals surface area contributed by atoms with Crippen molar-refractivity contribution in [3.8, 4) is 0 Å². The lowest BCUT2D eigenvalue weighted by atomic mass is 9.87. The van der Waals surface area contributed by atoms with Gasteiger partial charge < -0.3 is 5.11 Å². The fourth-order valence-electron chi connectivity index (χ4n) is 2.93. The fourth-order valence-corrected chi connectivity index (χ4v) is 2.93. The Bertz CT molecular complexity index is 443. The van der Waals surface area contributed by atoms with Crippen LogP contribution in [0.5, 0.6) is 0 Å². The maximum absolute atomic E-state index is 10.4. The summed E-state index contributed by atoms with van der Waals surface area (Å²) in [5, 5.41) is 10.4. The molecule has 0 unspecified atom stereocenters. The monoisotopic (exact) mass is 276 g/mol. The van der Waals surface area contributed by atoms with Gasteiger partial charge in [0.2, 0.25) is 0 Å². The lowest BCUT2D eigenvalue weighted by molar-refractivity contribution is 0.0585. The first-order valence-corrected chi connectivity index (χ1v) is 7.68. The summed E-state index contributed by atoms with van der Waals surface area (Å²) in [6.07, 6.45) is 2.02. The van der Waals surface area contributed by atoms with Gasteiger partial charge in [-0.15, -0.1) is 0 Å². The van der Waals surface area contributed by atoms with E-state index in [0.717, 1.165) is 17.9 Å². The molecule has 1 aliphatic rings. The molecule has 3 atom stereocenters. The number of aliphatic hydroxyl groups excluding tert-OH is 1. The third kappa shape index (κ3) is 3.39. The van der Waals surface area contributed by atoms with E-state index >= 15 is 0 Å². The Morgan fingerprint density at radius 3 is 2.40 bits per heavy atom. The lowest BCUT2D eigenvalue weighted by Crippen LogP contribution is -2.32. The van der Waals surface area contributed by atoms with Gasteiger partial charge in [-0.1, -0.05) is 26.8 Å². The summed E-state index contributed by atoms with van der Waals surface area (Å²) in [7, 11) is 0. The second-order valence-electron chi connectivity index (χ2n) is 7.27. The van der Waals surface area contributed by atoms with Crippen LogP contribution >= 0.6 is 0 Å². The summed E-state index contributed by atoms with van der Waals surface area (Å²) in [5.41, 5.74) is 1.67. The van der Waals surface area contributed by atoms with Gasteiger partial charge in [0.05, 0.1) is 11.4 Å². The zero-order valence-electron chi connectivity index (χ0n) is 13.4. The third-order valence-corrected chi connectivity index (χ3v) is 4.41. The van der Waals surface area contributed by atoms with Crippen molar-refractivity contribution in [1.82, 2.24) is 9.88 Å². The molecule has 3 nitrogen and oxygen atoms in total. The predicted octanol–water partition coefficient (Wildman–Crippen LogP) is 3.53. The van der Waals surface area contributed by atoms with Crippen LogP contribution in [0.3, 0.4) is 0 Å². The van der Waals surface area contributed by atoms with E-state index in [1.54, 1.807) is 0 Å². The van der Waals surface area contributed by atoms with Crippen LogP contribution in [0, 0.1) is 5.41 Å². The number of pyridine rings is 1. The van der Waals surface area contributed by atoms with Gasteiger partial charge in [-0.2, -0.15) is 0 Å². The van der Waals surface area contributed by atoms with Crippen molar-refractivity contribution in [3.05, 3.63) is 29.6 Å². The van der Waals surface area contributed by atoms with E-state index in [9.17, 15) is 5.11 Å². The van der Waals surface area contributed by atoms with E-state index in [1.807, 2.05) is 32.9 Å². The standard InChI is InChI=1S/C17H28N2O/c1-12-9-10-13(2)19(12)11-14-7-6-8-15(18-14)16(20)17(3,4)5/h6-8,12-13,16,20H,9-11H2,1-5H3/t12-,13-,16-/m1/s1. The molecule has 20 heavy (non-hydrogen) atoms. The van der Waals surface area contributed by atoms with Crippen molar-refractivity contribution in [3.63, 3.8) is 0 Å². The molecule has 0 amide bonds. The number of likely N-dealkylation sites (tertiary alicyclic amines) is 1. The molecule has 3 heteroatoms. The van der Waals surface area contributed by atoms with Crippen LogP contribution in [0.2, 0.25) is 0 Å². The van der Waals surface area contributed by atoms with Gasteiger partial charge in [-0.25, -0.2) is 0 Å². The highest BCUT2D eigenvalue weighted by molar-refractivity contribution is 5.15. The minimum atomic E-state index is -0.518. The molecule has 0 bridgehead atoms. The van der Waals surface area contributed by atoms with Gasteiger partial charge in [0.1, 0.15) is 6.10 Å². The molecule has 1 N–H and O–H groups in total. The predicted molar refractivity (Wildman–Crippen MR) is 82.4 cm³/mol. The number of nitrogens with zero attached hydrogens (tertiary/aromatic N) is 2. The van der Waals surface area contributed by atoms with Gasteiger partial charge >= 0.3 is 0 Å². The summed E-state index contributed by atoms with van der Waals surface area (Å²) in [6.45, 7) is 11.6. The van der Waals surface area contributed by atoms with E-state index in [4.69, 9.17) is 0 Å². The second kappa shape index (κ2) is 5.82. The molecule has 1 aromatic rings. The minimum Gasteiger partial charge on any atom is -0.386 e. The van der Waals surface area contributed by atoms with Gasteiger partial charge in [0.15, 0.2) is 0 Å². The summed E-state index contributed by atoms with van der Waals surface area (Å²) >= 11 is 0. The van der Waals surface area contributed by atoms with Crippen LogP contribution in [0.25, 0.3) is 0 Å². The first-order valence-electron chi connectivity index (χ1n) is 7.68. The Hall–Kier alpha value is -0.930. The Morgan fingerprint density at radius 2 is 1.85 bits per heavy atom. The lowest BCUT2D eigenvalue weighted by Gasteiger charge is -2.27. The van der Waals surface area contributed by atoms with Crippen molar-refractivity contribution in [1.29, 1.82) is 0 Å². The van der Waals surface area contributed by atoms with Gasteiger partial charge in [0.25, 0.3) is 0 Å². The fraction of sp³-hybridized carbons (Fsp3) is 0.706. The first-order chi connectivity index (χ1) is 9.29. The van der Waals surface area contributed by atoms with Crippen LogP contribution in [0.4, 0.5) is 0 Å². The number of hydrogen-bond acceptors (Lipinski definition) is 3. The zero-order valence-corrected chi connectivity index (χ0v) is 13.4. The molecule has 1 aliphatic heterocycles. The van der Waals surface area contributed by atoms with Gasteiger partial charge in [-0.3, -0.25) is 9.88 Å². The van der Waals surface area contributed by atoms with Gasteiger partial charge in [0, 0.05) is 18.6 Å². The van der Waals surface area contributed by atoms with E-state index < -0.39 is 6.10 Å². The normalized spacial score (nSPS) is 25.9. The maximum Gasteiger partial charge on any atom is 0.101 e. The molecule has 0 radical (unpaired) electrons. The molecule has 0 aromatic carbocycles. The van der Waals surface area contributed by atoms with Crippen LogP contribution in [-0.2, 0) is 6.54 Å². The summed E-state index contributed by atoms with van der Waals surface area (Å²) < 4.78 is 0. The quantitative estimate of drug-likeness (QED) is 0.917. The molecule has 1 fully saturated rings. The smallest absolute Gasteiger partial charge is 0.101 e. The number of rotatable bonds is 3. The van der Waals surface area contributed by atoms with Crippen molar-refractivity contribution in [2.75, 3.05) is 0 Å². The highest BCUT2D eigenvalue weighted by Gasteiger charge is 2.28. The van der Waals surface area contributed by atoms with E-state index in [-0.39, 0.29) is 5.41 Å². The Labute approximate surface area is 123 Å². The molecule has 0 spiro atoms. The SMILES string of the molecule is C[C@@H]1CC[C@@H](C)N1Cc1cccc([C@@H](O)C(C)(C)C)n1. The van der Waals surface area contributed by atoms with E-state index in [1.165, 1.54) is 12.8 Å². The molecule has 112 valence electrons. The first kappa shape index (κ1) is 15.5. The van der Waals surface area contributed by atoms with Crippen molar-refractivity contribution < 1.29 is 5.11 Å². The average Bonchev–Trinajstić information content (AvgIpc) is 2.69. The van der Waals surface area contributed by atoms with E-state index in [2.05, 4.69) is 29.8 Å². The van der Waals surface area contributed by atoms with Crippen molar-refractivity contribution >= 4 is 0 Å².